The molecule has 0 radical (unpaired) electrons. The first-order chi connectivity index (χ1) is 13.9. The third-order valence-corrected chi connectivity index (χ3v) is 4.26. The van der Waals surface area contributed by atoms with Gasteiger partial charge in [0, 0.05) is 37.9 Å². The number of benzene rings is 1. The van der Waals surface area contributed by atoms with E-state index < -0.39 is 17.8 Å². The van der Waals surface area contributed by atoms with Gasteiger partial charge in [0.1, 0.15) is 6.04 Å². The summed E-state index contributed by atoms with van der Waals surface area (Å²) in [6.45, 7) is 0.595. The normalized spacial score (nSPS) is 12.4. The number of carbonyl (C=O) groups excluding carboxylic acids is 1. The molecule has 0 aliphatic heterocycles. The van der Waals surface area contributed by atoms with Gasteiger partial charge in [-0.2, -0.15) is 13.2 Å². The quantitative estimate of drug-likeness (QED) is 0.636. The average molecular weight is 400 g/mol. The van der Waals surface area contributed by atoms with Crippen LogP contribution in [-0.4, -0.2) is 15.9 Å². The van der Waals surface area contributed by atoms with E-state index in [1.807, 2.05) is 12.1 Å². The molecule has 1 atom stereocenters. The Morgan fingerprint density at radius 2 is 1.48 bits per heavy atom. The zero-order chi connectivity index (χ0) is 20.7. The number of pyridine rings is 2. The fraction of sp³-hybridized carbons (Fsp3) is 0.190. The molecule has 2 N–H and O–H groups in total. The van der Waals surface area contributed by atoms with Gasteiger partial charge in [0.2, 0.25) is 5.91 Å². The van der Waals surface area contributed by atoms with E-state index in [9.17, 15) is 18.0 Å². The fourth-order valence-corrected chi connectivity index (χ4v) is 2.74. The van der Waals surface area contributed by atoms with Crippen LogP contribution in [0.3, 0.4) is 0 Å². The predicted octanol–water partition coefficient (Wildman–Crippen LogP) is 3.64. The number of rotatable bonds is 7. The Kier molecular flexibility index (Phi) is 6.56. The first-order valence-electron chi connectivity index (χ1n) is 8.89. The van der Waals surface area contributed by atoms with Crippen LogP contribution in [0.2, 0.25) is 0 Å². The maximum Gasteiger partial charge on any atom is 0.416 e. The van der Waals surface area contributed by atoms with Crippen molar-refractivity contribution in [3.63, 3.8) is 0 Å². The number of hydrogen-bond acceptors (Lipinski definition) is 4. The Morgan fingerprint density at radius 3 is 2.00 bits per heavy atom. The zero-order valence-electron chi connectivity index (χ0n) is 15.4. The molecule has 0 aliphatic carbocycles. The van der Waals surface area contributed by atoms with Crippen molar-refractivity contribution in [2.75, 3.05) is 0 Å². The number of aromatic nitrogens is 2. The van der Waals surface area contributed by atoms with Crippen LogP contribution < -0.4 is 10.6 Å². The highest BCUT2D eigenvalue weighted by molar-refractivity contribution is 5.83. The van der Waals surface area contributed by atoms with E-state index in [1.165, 1.54) is 12.1 Å². The molecular weight excluding hydrogens is 381 g/mol. The Balaban J connectivity index is 1.75. The van der Waals surface area contributed by atoms with Crippen molar-refractivity contribution in [3.05, 3.63) is 95.6 Å². The lowest BCUT2D eigenvalue weighted by molar-refractivity contribution is -0.137. The van der Waals surface area contributed by atoms with E-state index in [2.05, 4.69) is 20.6 Å². The summed E-state index contributed by atoms with van der Waals surface area (Å²) in [6, 6.07) is 10.9. The Hall–Kier alpha value is -3.26. The molecule has 0 spiro atoms. The molecule has 0 saturated heterocycles. The minimum atomic E-state index is -4.43. The number of hydrogen-bond donors (Lipinski definition) is 2. The van der Waals surface area contributed by atoms with Gasteiger partial charge in [0.05, 0.1) is 5.56 Å². The third-order valence-electron chi connectivity index (χ3n) is 4.26. The molecule has 0 bridgehead atoms. The molecule has 1 amide bonds. The summed E-state index contributed by atoms with van der Waals surface area (Å²) in [5, 5.41) is 5.90. The van der Waals surface area contributed by atoms with E-state index in [-0.39, 0.29) is 12.5 Å². The predicted molar refractivity (Wildman–Crippen MR) is 101 cm³/mol. The van der Waals surface area contributed by atoms with Crippen LogP contribution in [-0.2, 0) is 24.1 Å². The topological polar surface area (TPSA) is 66.9 Å². The number of alkyl halides is 3. The first kappa shape index (κ1) is 20.5. The minimum absolute atomic E-state index is 0.262. The second-order valence-corrected chi connectivity index (χ2v) is 6.37. The molecular formula is C21H19F3N4O. The van der Waals surface area contributed by atoms with Gasteiger partial charge < -0.3 is 5.32 Å². The largest absolute Gasteiger partial charge is 0.416 e. The standard InChI is InChI=1S/C21H19F3N4O/c22-21(23,24)18-7-5-17(6-8-18)19(27-13-15-3-1-9-25-11-15)20(29)28-14-16-4-2-10-26-12-16/h1-12,19,27H,13-14H2,(H,28,29). The van der Waals surface area contributed by atoms with Crippen molar-refractivity contribution >= 4 is 5.91 Å². The summed E-state index contributed by atoms with van der Waals surface area (Å²) < 4.78 is 38.5. The highest BCUT2D eigenvalue weighted by atomic mass is 19.4. The smallest absolute Gasteiger partial charge is 0.350 e. The molecule has 0 fully saturated rings. The second kappa shape index (κ2) is 9.29. The first-order valence-corrected chi connectivity index (χ1v) is 8.89. The number of halogens is 3. The molecule has 29 heavy (non-hydrogen) atoms. The van der Waals surface area contributed by atoms with Crippen molar-refractivity contribution in [3.8, 4) is 0 Å². The van der Waals surface area contributed by atoms with E-state index >= 15 is 0 Å². The summed E-state index contributed by atoms with van der Waals surface area (Å²) in [5.74, 6) is -0.350. The number of amides is 1. The van der Waals surface area contributed by atoms with Crippen LogP contribution in [0.5, 0.6) is 0 Å². The highest BCUT2D eigenvalue weighted by Gasteiger charge is 2.30. The van der Waals surface area contributed by atoms with Crippen LogP contribution in [0.25, 0.3) is 0 Å². The van der Waals surface area contributed by atoms with Gasteiger partial charge in [-0.1, -0.05) is 24.3 Å². The lowest BCUT2D eigenvalue weighted by Gasteiger charge is -2.20. The van der Waals surface area contributed by atoms with E-state index in [1.54, 1.807) is 36.9 Å². The van der Waals surface area contributed by atoms with Crippen molar-refractivity contribution in [1.82, 2.24) is 20.6 Å². The Labute approximate surface area is 166 Å². The van der Waals surface area contributed by atoms with Gasteiger partial charge in [-0.15, -0.1) is 0 Å². The number of nitrogens with zero attached hydrogens (tertiary/aromatic N) is 2. The molecule has 1 aromatic carbocycles. The maximum atomic E-state index is 12.8. The summed E-state index contributed by atoms with van der Waals surface area (Å²) >= 11 is 0. The van der Waals surface area contributed by atoms with Crippen molar-refractivity contribution in [2.45, 2.75) is 25.3 Å². The van der Waals surface area contributed by atoms with Gasteiger partial charge in [0.15, 0.2) is 0 Å². The van der Waals surface area contributed by atoms with Crippen LogP contribution in [0.4, 0.5) is 13.2 Å². The van der Waals surface area contributed by atoms with E-state index in [0.717, 1.165) is 23.3 Å². The Bertz CT molecular complexity index is 916. The lowest BCUT2D eigenvalue weighted by Crippen LogP contribution is -2.37. The molecule has 2 heterocycles. The lowest BCUT2D eigenvalue weighted by atomic mass is 10.0. The monoisotopic (exact) mass is 400 g/mol. The van der Waals surface area contributed by atoms with Gasteiger partial charge in [-0.3, -0.25) is 20.1 Å². The number of carbonyl (C=O) groups is 1. The van der Waals surface area contributed by atoms with Crippen LogP contribution >= 0.6 is 0 Å². The van der Waals surface area contributed by atoms with Gasteiger partial charge in [-0.05, 0) is 41.0 Å². The molecule has 150 valence electrons. The Morgan fingerprint density at radius 1 is 0.897 bits per heavy atom. The maximum absolute atomic E-state index is 12.8. The van der Waals surface area contributed by atoms with Crippen molar-refractivity contribution in [1.29, 1.82) is 0 Å². The zero-order valence-corrected chi connectivity index (χ0v) is 15.4. The van der Waals surface area contributed by atoms with E-state index in [0.29, 0.717) is 12.1 Å². The summed E-state index contributed by atoms with van der Waals surface area (Å²) in [7, 11) is 0. The van der Waals surface area contributed by atoms with Gasteiger partial charge in [0.25, 0.3) is 0 Å². The second-order valence-electron chi connectivity index (χ2n) is 6.37. The molecule has 3 rings (SSSR count). The van der Waals surface area contributed by atoms with Crippen molar-refractivity contribution < 1.29 is 18.0 Å². The molecule has 2 aromatic heterocycles. The van der Waals surface area contributed by atoms with Crippen molar-refractivity contribution in [2.24, 2.45) is 0 Å². The summed E-state index contributed by atoms with van der Waals surface area (Å²) in [6.07, 6.45) is 2.13. The number of nitrogens with one attached hydrogen (secondary N) is 2. The molecule has 5 nitrogen and oxygen atoms in total. The molecule has 1 unspecified atom stereocenters. The molecule has 0 saturated carbocycles. The van der Waals surface area contributed by atoms with Crippen LogP contribution in [0.1, 0.15) is 28.3 Å². The van der Waals surface area contributed by atoms with Gasteiger partial charge in [-0.25, -0.2) is 0 Å². The van der Waals surface area contributed by atoms with Crippen LogP contribution in [0, 0.1) is 0 Å². The molecule has 3 aromatic rings. The summed E-state index contributed by atoms with van der Waals surface area (Å²) in [5.41, 5.74) is 1.34. The molecule has 0 aliphatic rings. The fourth-order valence-electron chi connectivity index (χ4n) is 2.74. The van der Waals surface area contributed by atoms with Crippen LogP contribution in [0.15, 0.2) is 73.3 Å². The molecule has 8 heteroatoms. The SMILES string of the molecule is O=C(NCc1cccnc1)C(NCc1cccnc1)c1ccc(C(F)(F)F)cc1. The third kappa shape index (κ3) is 5.86. The minimum Gasteiger partial charge on any atom is -0.350 e. The summed E-state index contributed by atoms with van der Waals surface area (Å²) in [4.78, 5) is 20.8. The average Bonchev–Trinajstić information content (AvgIpc) is 2.73. The van der Waals surface area contributed by atoms with Gasteiger partial charge >= 0.3 is 6.18 Å². The highest BCUT2D eigenvalue weighted by Crippen LogP contribution is 2.30. The van der Waals surface area contributed by atoms with E-state index in [4.69, 9.17) is 0 Å².